The van der Waals surface area contributed by atoms with Gasteiger partial charge in [-0.15, -0.1) is 0 Å². The topological polar surface area (TPSA) is 15.3 Å². The van der Waals surface area contributed by atoms with Gasteiger partial charge in [-0.2, -0.15) is 0 Å². The molecule has 0 radical (unpaired) electrons. The smallest absolute Gasteiger partial charge is 0.146 e. The Labute approximate surface area is 138 Å². The van der Waals surface area contributed by atoms with Gasteiger partial charge >= 0.3 is 0 Å². The molecule has 3 rings (SSSR count). The molecule has 2 aromatic rings. The van der Waals surface area contributed by atoms with Crippen LogP contribution < -0.4 is 10.2 Å². The fourth-order valence-electron chi connectivity index (χ4n) is 3.17. The van der Waals surface area contributed by atoms with E-state index in [4.69, 9.17) is 0 Å². The molecule has 2 aromatic carbocycles. The van der Waals surface area contributed by atoms with Gasteiger partial charge in [-0.1, -0.05) is 49.2 Å². The van der Waals surface area contributed by atoms with E-state index in [9.17, 15) is 4.39 Å². The standard InChI is InChI=1S/C20H25FN2/c21-19-11-10-18(16-22-15-17-8-4-3-5-9-17)14-20(19)23-12-6-1-2-7-13-23/h3-5,8-11,14,22H,1-2,6-7,12-13,15-16H2. The Morgan fingerprint density at radius 2 is 1.52 bits per heavy atom. The van der Waals surface area contributed by atoms with E-state index in [1.165, 1.54) is 18.4 Å². The molecule has 3 heteroatoms. The second kappa shape index (κ2) is 8.11. The Bertz CT molecular complexity index is 604. The normalized spacial score (nSPS) is 15.4. The molecule has 23 heavy (non-hydrogen) atoms. The van der Waals surface area contributed by atoms with Crippen molar-refractivity contribution in [1.82, 2.24) is 5.32 Å². The maximum absolute atomic E-state index is 14.2. The van der Waals surface area contributed by atoms with Crippen LogP contribution in [0.5, 0.6) is 0 Å². The van der Waals surface area contributed by atoms with E-state index in [-0.39, 0.29) is 5.82 Å². The highest BCUT2D eigenvalue weighted by Crippen LogP contribution is 2.24. The van der Waals surface area contributed by atoms with Crippen LogP contribution in [0.15, 0.2) is 48.5 Å². The molecule has 0 saturated carbocycles. The first-order chi connectivity index (χ1) is 11.3. The molecule has 1 aliphatic heterocycles. The fraction of sp³-hybridized carbons (Fsp3) is 0.400. The quantitative estimate of drug-likeness (QED) is 0.874. The number of halogens is 1. The maximum atomic E-state index is 14.2. The van der Waals surface area contributed by atoms with Crippen molar-refractivity contribution in [1.29, 1.82) is 0 Å². The summed E-state index contributed by atoms with van der Waals surface area (Å²) in [5, 5.41) is 3.44. The number of anilines is 1. The third-order valence-corrected chi connectivity index (χ3v) is 4.46. The van der Waals surface area contributed by atoms with Gasteiger partial charge in [0.2, 0.25) is 0 Å². The van der Waals surface area contributed by atoms with Gasteiger partial charge in [-0.25, -0.2) is 4.39 Å². The van der Waals surface area contributed by atoms with Crippen molar-refractivity contribution in [2.45, 2.75) is 38.8 Å². The molecule has 1 aliphatic rings. The second-order valence-corrected chi connectivity index (χ2v) is 6.28. The first kappa shape index (κ1) is 16.0. The highest BCUT2D eigenvalue weighted by Gasteiger charge is 2.14. The number of rotatable bonds is 5. The van der Waals surface area contributed by atoms with Gasteiger partial charge in [0.05, 0.1) is 5.69 Å². The van der Waals surface area contributed by atoms with E-state index in [0.29, 0.717) is 0 Å². The summed E-state index contributed by atoms with van der Waals surface area (Å²) in [5.41, 5.74) is 3.18. The van der Waals surface area contributed by atoms with Crippen LogP contribution in [0.4, 0.5) is 10.1 Å². The van der Waals surface area contributed by atoms with Gasteiger partial charge in [-0.05, 0) is 36.1 Å². The Hall–Kier alpha value is -1.87. The minimum absolute atomic E-state index is 0.0984. The lowest BCUT2D eigenvalue weighted by Crippen LogP contribution is -2.25. The highest BCUT2D eigenvalue weighted by atomic mass is 19.1. The molecule has 1 heterocycles. The molecule has 0 spiro atoms. The minimum Gasteiger partial charge on any atom is -0.369 e. The molecule has 122 valence electrons. The molecule has 0 bridgehead atoms. The molecule has 2 nitrogen and oxygen atoms in total. The SMILES string of the molecule is Fc1ccc(CNCc2ccccc2)cc1N1CCCCCC1. The number of nitrogens with zero attached hydrogens (tertiary/aromatic N) is 1. The zero-order valence-electron chi connectivity index (χ0n) is 13.6. The predicted octanol–water partition coefficient (Wildman–Crippen LogP) is 4.50. The van der Waals surface area contributed by atoms with Crippen molar-refractivity contribution in [3.8, 4) is 0 Å². The molecule has 0 aliphatic carbocycles. The number of nitrogens with one attached hydrogen (secondary N) is 1. The second-order valence-electron chi connectivity index (χ2n) is 6.28. The summed E-state index contributed by atoms with van der Waals surface area (Å²) >= 11 is 0. The summed E-state index contributed by atoms with van der Waals surface area (Å²) in [6, 6.07) is 15.9. The molecular weight excluding hydrogens is 287 g/mol. The zero-order chi connectivity index (χ0) is 15.9. The van der Waals surface area contributed by atoms with Crippen LogP contribution in [0.25, 0.3) is 0 Å². The van der Waals surface area contributed by atoms with Crippen LogP contribution in [-0.4, -0.2) is 13.1 Å². The lowest BCUT2D eigenvalue weighted by Gasteiger charge is -2.24. The van der Waals surface area contributed by atoms with Crippen LogP contribution in [0.1, 0.15) is 36.8 Å². The first-order valence-corrected chi connectivity index (χ1v) is 8.61. The van der Waals surface area contributed by atoms with Crippen molar-refractivity contribution < 1.29 is 4.39 Å². The van der Waals surface area contributed by atoms with Gasteiger partial charge in [0.1, 0.15) is 5.82 Å². The zero-order valence-corrected chi connectivity index (χ0v) is 13.6. The van der Waals surface area contributed by atoms with E-state index < -0.39 is 0 Å². The predicted molar refractivity (Wildman–Crippen MR) is 94.1 cm³/mol. The molecule has 0 unspecified atom stereocenters. The summed E-state index contributed by atoms with van der Waals surface area (Å²) in [6.45, 7) is 3.53. The van der Waals surface area contributed by atoms with Crippen molar-refractivity contribution >= 4 is 5.69 Å². The largest absolute Gasteiger partial charge is 0.369 e. The molecule has 0 amide bonds. The summed E-state index contributed by atoms with van der Waals surface area (Å²) in [6.07, 6.45) is 4.85. The van der Waals surface area contributed by atoms with Gasteiger partial charge < -0.3 is 10.2 Å². The number of benzene rings is 2. The van der Waals surface area contributed by atoms with Crippen LogP contribution in [0, 0.1) is 5.82 Å². The van der Waals surface area contributed by atoms with Gasteiger partial charge in [-0.3, -0.25) is 0 Å². The molecule has 0 aromatic heterocycles. The van der Waals surface area contributed by atoms with E-state index in [1.54, 1.807) is 6.07 Å². The molecule has 1 saturated heterocycles. The Morgan fingerprint density at radius 1 is 0.826 bits per heavy atom. The third-order valence-electron chi connectivity index (χ3n) is 4.46. The van der Waals surface area contributed by atoms with Crippen LogP contribution in [0.2, 0.25) is 0 Å². The summed E-state index contributed by atoms with van der Waals surface area (Å²) < 4.78 is 14.2. The minimum atomic E-state index is -0.0984. The Balaban J connectivity index is 1.62. The van der Waals surface area contributed by atoms with Crippen molar-refractivity contribution in [2.75, 3.05) is 18.0 Å². The highest BCUT2D eigenvalue weighted by molar-refractivity contribution is 5.50. The van der Waals surface area contributed by atoms with Gasteiger partial charge in [0, 0.05) is 26.2 Å². The Morgan fingerprint density at radius 3 is 2.26 bits per heavy atom. The fourth-order valence-corrected chi connectivity index (χ4v) is 3.17. The summed E-state index contributed by atoms with van der Waals surface area (Å²) in [4.78, 5) is 2.21. The molecule has 1 fully saturated rings. The van der Waals surface area contributed by atoms with Crippen LogP contribution in [0.3, 0.4) is 0 Å². The average Bonchev–Trinajstić information content (AvgIpc) is 2.87. The molecular formula is C20H25FN2. The van der Waals surface area contributed by atoms with Crippen molar-refractivity contribution in [3.63, 3.8) is 0 Å². The average molecular weight is 312 g/mol. The van der Waals surface area contributed by atoms with Crippen LogP contribution in [-0.2, 0) is 13.1 Å². The van der Waals surface area contributed by atoms with E-state index in [0.717, 1.165) is 50.3 Å². The molecule has 1 N–H and O–H groups in total. The van der Waals surface area contributed by atoms with Crippen molar-refractivity contribution in [2.24, 2.45) is 0 Å². The lowest BCUT2D eigenvalue weighted by molar-refractivity contribution is 0.614. The van der Waals surface area contributed by atoms with Crippen LogP contribution >= 0.6 is 0 Å². The molecule has 0 atom stereocenters. The summed E-state index contributed by atoms with van der Waals surface area (Å²) in [7, 11) is 0. The van der Waals surface area contributed by atoms with Gasteiger partial charge in [0.25, 0.3) is 0 Å². The van der Waals surface area contributed by atoms with Gasteiger partial charge in [0.15, 0.2) is 0 Å². The first-order valence-electron chi connectivity index (χ1n) is 8.61. The maximum Gasteiger partial charge on any atom is 0.146 e. The number of hydrogen-bond acceptors (Lipinski definition) is 2. The van der Waals surface area contributed by atoms with Crippen molar-refractivity contribution in [3.05, 3.63) is 65.5 Å². The van der Waals surface area contributed by atoms with E-state index in [1.807, 2.05) is 30.3 Å². The summed E-state index contributed by atoms with van der Waals surface area (Å²) in [5.74, 6) is -0.0984. The third kappa shape index (κ3) is 4.55. The monoisotopic (exact) mass is 312 g/mol. The Kier molecular flexibility index (Phi) is 5.65. The lowest BCUT2D eigenvalue weighted by atomic mass is 10.1. The number of hydrogen-bond donors (Lipinski definition) is 1. The van der Waals surface area contributed by atoms with E-state index in [2.05, 4.69) is 22.3 Å². The van der Waals surface area contributed by atoms with E-state index >= 15 is 0 Å².